The lowest BCUT2D eigenvalue weighted by Crippen LogP contribution is -2.41. The molecule has 2 aliphatic heterocycles. The number of rotatable bonds is 3. The van der Waals surface area contributed by atoms with E-state index in [1.54, 1.807) is 10.0 Å². The van der Waals surface area contributed by atoms with Gasteiger partial charge >= 0.3 is 0 Å². The van der Waals surface area contributed by atoms with Gasteiger partial charge in [-0.25, -0.2) is 0 Å². The van der Waals surface area contributed by atoms with Crippen molar-refractivity contribution in [1.82, 2.24) is 10.0 Å². The average Bonchev–Trinajstić information content (AvgIpc) is 2.39. The van der Waals surface area contributed by atoms with Gasteiger partial charge in [0.1, 0.15) is 0 Å². The van der Waals surface area contributed by atoms with Crippen molar-refractivity contribution < 1.29 is 0 Å². The predicted octanol–water partition coefficient (Wildman–Crippen LogP) is 1.77. The molecule has 6 nitrogen and oxygen atoms in total. The van der Waals surface area contributed by atoms with E-state index in [1.807, 2.05) is 0 Å². The molecule has 6 heteroatoms. The van der Waals surface area contributed by atoms with E-state index in [4.69, 9.17) is 0 Å². The van der Waals surface area contributed by atoms with E-state index in [0.29, 0.717) is 11.8 Å². The molecule has 0 aromatic rings. The van der Waals surface area contributed by atoms with E-state index in [1.165, 1.54) is 0 Å². The van der Waals surface area contributed by atoms with Crippen LogP contribution in [0.3, 0.4) is 0 Å². The lowest BCUT2D eigenvalue weighted by atomic mass is 9.81. The van der Waals surface area contributed by atoms with E-state index in [-0.39, 0.29) is 0 Å². The molecule has 0 saturated carbocycles. The molecule has 2 unspecified atom stereocenters. The van der Waals surface area contributed by atoms with Crippen LogP contribution in [0.2, 0.25) is 0 Å². The van der Waals surface area contributed by atoms with Crippen LogP contribution in [0.1, 0.15) is 25.7 Å². The zero-order valence-corrected chi connectivity index (χ0v) is 9.42. The second-order valence-corrected chi connectivity index (χ2v) is 4.79. The van der Waals surface area contributed by atoms with E-state index < -0.39 is 0 Å². The lowest BCUT2D eigenvalue weighted by molar-refractivity contribution is 0.0799. The maximum Gasteiger partial charge on any atom is 0.0524 e. The van der Waals surface area contributed by atoms with Crippen molar-refractivity contribution in [2.45, 2.75) is 25.7 Å². The number of nitrogens with zero attached hydrogens (tertiary/aromatic N) is 4. The Kier molecular flexibility index (Phi) is 3.69. The molecule has 0 aromatic heterocycles. The number of hydrogen-bond acceptors (Lipinski definition) is 4. The van der Waals surface area contributed by atoms with Crippen molar-refractivity contribution in [3.05, 3.63) is 9.81 Å². The summed E-state index contributed by atoms with van der Waals surface area (Å²) in [5, 5.41) is 9.26. The average molecular weight is 226 g/mol. The van der Waals surface area contributed by atoms with Gasteiger partial charge in [0.25, 0.3) is 0 Å². The van der Waals surface area contributed by atoms with Crippen molar-refractivity contribution in [2.24, 2.45) is 22.4 Å². The Morgan fingerprint density at radius 3 is 1.62 bits per heavy atom. The minimum Gasteiger partial charge on any atom is -0.261 e. The molecule has 0 aliphatic carbocycles. The largest absolute Gasteiger partial charge is 0.261 e. The highest BCUT2D eigenvalue weighted by Gasteiger charge is 2.30. The zero-order valence-electron chi connectivity index (χ0n) is 9.42. The minimum atomic E-state index is 0.496. The first-order valence-electron chi connectivity index (χ1n) is 6.00. The predicted molar refractivity (Wildman–Crippen MR) is 60.2 cm³/mol. The summed E-state index contributed by atoms with van der Waals surface area (Å²) in [5.41, 5.74) is 0. The van der Waals surface area contributed by atoms with Gasteiger partial charge in [-0.1, -0.05) is 0 Å². The van der Waals surface area contributed by atoms with Gasteiger partial charge in [0, 0.05) is 26.2 Å². The molecule has 2 aliphatic rings. The van der Waals surface area contributed by atoms with Crippen molar-refractivity contribution >= 4 is 0 Å². The molecular weight excluding hydrogens is 208 g/mol. The normalized spacial score (nSPS) is 31.2. The summed E-state index contributed by atoms with van der Waals surface area (Å²) < 4.78 is 0. The van der Waals surface area contributed by atoms with Gasteiger partial charge in [0.05, 0.1) is 10.6 Å². The van der Waals surface area contributed by atoms with Gasteiger partial charge in [-0.2, -0.15) is 0 Å². The molecule has 2 rings (SSSR count). The highest BCUT2D eigenvalue weighted by molar-refractivity contribution is 4.81. The van der Waals surface area contributed by atoms with Crippen LogP contribution in [0.4, 0.5) is 0 Å². The van der Waals surface area contributed by atoms with Gasteiger partial charge in [0.15, 0.2) is 0 Å². The van der Waals surface area contributed by atoms with Crippen LogP contribution >= 0.6 is 0 Å². The quantitative estimate of drug-likeness (QED) is 0.688. The Bertz CT molecular complexity index is 235. The maximum absolute atomic E-state index is 10.5. The molecule has 2 atom stereocenters. The highest BCUT2D eigenvalue weighted by atomic mass is 16.3. The fourth-order valence-corrected chi connectivity index (χ4v) is 2.90. The Morgan fingerprint density at radius 1 is 0.812 bits per heavy atom. The first kappa shape index (κ1) is 11.3. The van der Waals surface area contributed by atoms with Gasteiger partial charge in [0.2, 0.25) is 0 Å². The lowest BCUT2D eigenvalue weighted by Gasteiger charge is -2.37. The summed E-state index contributed by atoms with van der Waals surface area (Å²) in [5.74, 6) is 0.993. The molecule has 0 bridgehead atoms. The van der Waals surface area contributed by atoms with Crippen molar-refractivity contribution in [3.8, 4) is 0 Å². The van der Waals surface area contributed by atoms with Crippen molar-refractivity contribution in [3.63, 3.8) is 0 Å². The molecule has 2 saturated heterocycles. The van der Waals surface area contributed by atoms with Crippen LogP contribution in [-0.2, 0) is 0 Å². The maximum atomic E-state index is 10.5. The second-order valence-electron chi connectivity index (χ2n) is 4.79. The third-order valence-electron chi connectivity index (χ3n) is 3.77. The van der Waals surface area contributed by atoms with Gasteiger partial charge in [-0.3, -0.25) is 10.0 Å². The summed E-state index contributed by atoms with van der Waals surface area (Å²) in [6.45, 7) is 3.06. The number of nitroso groups, excluding NO2 is 2. The smallest absolute Gasteiger partial charge is 0.0524 e. The molecular formula is C10H18N4O2. The minimum absolute atomic E-state index is 0.496. The monoisotopic (exact) mass is 226 g/mol. The standard InChI is InChI=1S/C10H18N4O2/c15-11-13-5-1-3-9(7-13)10-4-2-6-14(8-10)12-16/h9-10H,1-8H2. The summed E-state index contributed by atoms with van der Waals surface area (Å²) in [7, 11) is 0. The van der Waals surface area contributed by atoms with E-state index in [9.17, 15) is 9.81 Å². The third kappa shape index (κ3) is 2.48. The third-order valence-corrected chi connectivity index (χ3v) is 3.77. The van der Waals surface area contributed by atoms with Crippen molar-refractivity contribution in [1.29, 1.82) is 0 Å². The Balaban J connectivity index is 1.90. The summed E-state index contributed by atoms with van der Waals surface area (Å²) in [4.78, 5) is 21.0. The topological polar surface area (TPSA) is 65.3 Å². The van der Waals surface area contributed by atoms with E-state index in [2.05, 4.69) is 10.6 Å². The first-order chi connectivity index (χ1) is 7.83. The van der Waals surface area contributed by atoms with Crippen LogP contribution in [-0.4, -0.2) is 36.2 Å². The summed E-state index contributed by atoms with van der Waals surface area (Å²) in [6.07, 6.45) is 4.34. The number of hydrogen-bond donors (Lipinski definition) is 0. The molecule has 0 spiro atoms. The Hall–Kier alpha value is -1.20. The Morgan fingerprint density at radius 2 is 1.25 bits per heavy atom. The van der Waals surface area contributed by atoms with Crippen LogP contribution in [0, 0.1) is 21.6 Å². The molecule has 0 aromatic carbocycles. The molecule has 0 amide bonds. The molecule has 0 radical (unpaired) electrons. The fourth-order valence-electron chi connectivity index (χ4n) is 2.90. The van der Waals surface area contributed by atoms with Crippen LogP contribution in [0.5, 0.6) is 0 Å². The fraction of sp³-hybridized carbons (Fsp3) is 1.00. The SMILES string of the molecule is O=NN1CCCC(C2CCCN(N=O)C2)C1. The molecule has 90 valence electrons. The molecule has 2 fully saturated rings. The second kappa shape index (κ2) is 5.23. The van der Waals surface area contributed by atoms with Gasteiger partial charge < -0.3 is 0 Å². The molecule has 2 heterocycles. The first-order valence-corrected chi connectivity index (χ1v) is 6.00. The highest BCUT2D eigenvalue weighted by Crippen LogP contribution is 2.30. The van der Waals surface area contributed by atoms with E-state index in [0.717, 1.165) is 51.9 Å². The summed E-state index contributed by atoms with van der Waals surface area (Å²) >= 11 is 0. The van der Waals surface area contributed by atoms with Crippen molar-refractivity contribution in [2.75, 3.05) is 26.2 Å². The van der Waals surface area contributed by atoms with Crippen LogP contribution in [0.25, 0.3) is 0 Å². The van der Waals surface area contributed by atoms with Gasteiger partial charge in [-0.05, 0) is 37.5 Å². The molecule has 16 heavy (non-hydrogen) atoms. The van der Waals surface area contributed by atoms with Crippen LogP contribution < -0.4 is 0 Å². The molecule has 0 N–H and O–H groups in total. The summed E-state index contributed by atoms with van der Waals surface area (Å²) in [6, 6.07) is 0. The van der Waals surface area contributed by atoms with E-state index >= 15 is 0 Å². The van der Waals surface area contributed by atoms with Crippen LogP contribution in [0.15, 0.2) is 10.6 Å². The zero-order chi connectivity index (χ0) is 11.4. The van der Waals surface area contributed by atoms with Gasteiger partial charge in [-0.15, -0.1) is 9.81 Å². The Labute approximate surface area is 94.9 Å². The number of piperidine rings is 2.